The van der Waals surface area contributed by atoms with Crippen LogP contribution in [0.15, 0.2) is 18.5 Å². The number of likely N-dealkylation sites (N-methyl/N-ethyl adjacent to an activating group) is 1. The van der Waals surface area contributed by atoms with Gasteiger partial charge in [0.15, 0.2) is 0 Å². The molecular formula is C14H17ClN4. The first-order chi connectivity index (χ1) is 9.08. The van der Waals surface area contributed by atoms with Gasteiger partial charge in [-0.1, -0.05) is 17.7 Å². The van der Waals surface area contributed by atoms with Gasteiger partial charge in [0, 0.05) is 19.1 Å². The third-order valence-corrected chi connectivity index (χ3v) is 4.13. The Morgan fingerprint density at radius 1 is 1.26 bits per heavy atom. The zero-order valence-electron chi connectivity index (χ0n) is 11.4. The first-order valence-corrected chi connectivity index (χ1v) is 6.77. The summed E-state index contributed by atoms with van der Waals surface area (Å²) in [4.78, 5) is 13.0. The van der Waals surface area contributed by atoms with Crippen LogP contribution >= 0.6 is 11.6 Å². The minimum atomic E-state index is 0.539. The summed E-state index contributed by atoms with van der Waals surface area (Å²) in [5, 5.41) is 1.51. The van der Waals surface area contributed by atoms with E-state index in [-0.39, 0.29) is 0 Å². The van der Waals surface area contributed by atoms with Crippen molar-refractivity contribution >= 4 is 28.2 Å². The molecule has 100 valence electrons. The van der Waals surface area contributed by atoms with Crippen LogP contribution in [-0.4, -0.2) is 48.1 Å². The lowest BCUT2D eigenvalue weighted by Gasteiger charge is -2.45. The maximum absolute atomic E-state index is 6.27. The molecule has 0 N–H and O–H groups in total. The predicted octanol–water partition coefficient (Wildman–Crippen LogP) is 2.34. The van der Waals surface area contributed by atoms with Crippen molar-refractivity contribution in [3.05, 3.63) is 29.2 Å². The summed E-state index contributed by atoms with van der Waals surface area (Å²) in [7, 11) is 4.24. The van der Waals surface area contributed by atoms with Crippen LogP contribution in [0.1, 0.15) is 5.56 Å². The van der Waals surface area contributed by atoms with E-state index in [0.29, 0.717) is 11.2 Å². The molecule has 0 amide bonds. The number of fused-ring (bicyclic) bond motifs is 1. The Morgan fingerprint density at radius 3 is 2.68 bits per heavy atom. The molecule has 1 aromatic carbocycles. The van der Waals surface area contributed by atoms with Gasteiger partial charge in [0.25, 0.3) is 0 Å². The molecule has 1 aromatic heterocycles. The highest BCUT2D eigenvalue weighted by molar-refractivity contribution is 6.35. The smallest absolute Gasteiger partial charge is 0.142 e. The van der Waals surface area contributed by atoms with Crippen LogP contribution < -0.4 is 4.90 Å². The zero-order valence-corrected chi connectivity index (χ0v) is 12.1. The van der Waals surface area contributed by atoms with E-state index in [4.69, 9.17) is 11.6 Å². The average molecular weight is 277 g/mol. The second kappa shape index (κ2) is 4.62. The van der Waals surface area contributed by atoms with Crippen molar-refractivity contribution in [2.45, 2.75) is 13.0 Å². The van der Waals surface area contributed by atoms with E-state index >= 15 is 0 Å². The predicted molar refractivity (Wildman–Crippen MR) is 79.0 cm³/mol. The maximum Gasteiger partial charge on any atom is 0.142 e. The molecule has 0 unspecified atom stereocenters. The van der Waals surface area contributed by atoms with Gasteiger partial charge < -0.3 is 9.80 Å². The van der Waals surface area contributed by atoms with E-state index in [0.717, 1.165) is 24.0 Å². The fourth-order valence-corrected chi connectivity index (χ4v) is 2.80. The third kappa shape index (κ3) is 2.05. The molecular weight excluding hydrogens is 260 g/mol. The summed E-state index contributed by atoms with van der Waals surface area (Å²) in [6.45, 7) is 4.16. The first-order valence-electron chi connectivity index (χ1n) is 6.39. The zero-order chi connectivity index (χ0) is 13.6. The molecule has 0 atom stereocenters. The van der Waals surface area contributed by atoms with Crippen molar-refractivity contribution in [2.24, 2.45) is 0 Å². The number of hydrogen-bond acceptors (Lipinski definition) is 4. The summed E-state index contributed by atoms with van der Waals surface area (Å²) < 4.78 is 0. The Kier molecular flexibility index (Phi) is 3.07. The normalized spacial score (nSPS) is 16.2. The Balaban J connectivity index is 2.06. The second-order valence-corrected chi connectivity index (χ2v) is 5.67. The van der Waals surface area contributed by atoms with Crippen LogP contribution in [0, 0.1) is 6.92 Å². The summed E-state index contributed by atoms with van der Waals surface area (Å²) in [6.07, 6.45) is 1.52. The Morgan fingerprint density at radius 2 is 2.00 bits per heavy atom. The van der Waals surface area contributed by atoms with Gasteiger partial charge in [-0.15, -0.1) is 0 Å². The van der Waals surface area contributed by atoms with E-state index in [1.54, 1.807) is 0 Å². The lowest BCUT2D eigenvalue weighted by atomic mass is 10.0. The van der Waals surface area contributed by atoms with Crippen LogP contribution in [0.3, 0.4) is 0 Å². The largest absolute Gasteiger partial charge is 0.367 e. The highest BCUT2D eigenvalue weighted by Gasteiger charge is 2.30. The highest BCUT2D eigenvalue weighted by Crippen LogP contribution is 2.36. The number of halogens is 1. The molecule has 3 rings (SSSR count). The SMILES string of the molecule is Cc1ccc2ncnc(Cl)c2c1N1CC(N(C)C)C1. The van der Waals surface area contributed by atoms with Gasteiger partial charge in [-0.3, -0.25) is 0 Å². The van der Waals surface area contributed by atoms with E-state index < -0.39 is 0 Å². The molecule has 0 spiro atoms. The minimum Gasteiger partial charge on any atom is -0.367 e. The van der Waals surface area contributed by atoms with Crippen LogP contribution in [0.25, 0.3) is 10.9 Å². The Bertz CT molecular complexity index is 620. The number of benzene rings is 1. The molecule has 2 heterocycles. The van der Waals surface area contributed by atoms with Crippen molar-refractivity contribution in [3.63, 3.8) is 0 Å². The van der Waals surface area contributed by atoms with E-state index in [1.807, 2.05) is 6.07 Å². The molecule has 0 radical (unpaired) electrons. The van der Waals surface area contributed by atoms with Crippen molar-refractivity contribution < 1.29 is 0 Å². The molecule has 4 nitrogen and oxygen atoms in total. The Hall–Kier alpha value is -1.39. The molecule has 5 heteroatoms. The van der Waals surface area contributed by atoms with Crippen LogP contribution in [-0.2, 0) is 0 Å². The fraction of sp³-hybridized carbons (Fsp3) is 0.429. The van der Waals surface area contributed by atoms with Crippen molar-refractivity contribution in [2.75, 3.05) is 32.1 Å². The lowest BCUT2D eigenvalue weighted by Crippen LogP contribution is -2.57. The number of nitrogens with zero attached hydrogens (tertiary/aromatic N) is 4. The maximum atomic E-state index is 6.27. The average Bonchev–Trinajstić information content (AvgIpc) is 2.30. The summed E-state index contributed by atoms with van der Waals surface area (Å²) in [6, 6.07) is 4.72. The van der Waals surface area contributed by atoms with E-state index in [1.165, 1.54) is 17.6 Å². The molecule has 1 saturated heterocycles. The van der Waals surface area contributed by atoms with Gasteiger partial charge in [-0.25, -0.2) is 9.97 Å². The van der Waals surface area contributed by atoms with Gasteiger partial charge in [-0.2, -0.15) is 0 Å². The third-order valence-electron chi connectivity index (χ3n) is 3.84. The molecule has 19 heavy (non-hydrogen) atoms. The van der Waals surface area contributed by atoms with Crippen LogP contribution in [0.5, 0.6) is 0 Å². The van der Waals surface area contributed by atoms with Crippen LogP contribution in [0.2, 0.25) is 5.15 Å². The summed E-state index contributed by atoms with van der Waals surface area (Å²) >= 11 is 6.27. The lowest BCUT2D eigenvalue weighted by molar-refractivity contribution is 0.247. The van der Waals surface area contributed by atoms with Crippen molar-refractivity contribution in [1.82, 2.24) is 14.9 Å². The van der Waals surface area contributed by atoms with Gasteiger partial charge in [-0.05, 0) is 32.6 Å². The quantitative estimate of drug-likeness (QED) is 0.788. The van der Waals surface area contributed by atoms with Gasteiger partial charge in [0.1, 0.15) is 11.5 Å². The minimum absolute atomic E-state index is 0.539. The Labute approximate surface area is 118 Å². The summed E-state index contributed by atoms with van der Waals surface area (Å²) in [5.41, 5.74) is 3.32. The fourth-order valence-electron chi connectivity index (χ4n) is 2.57. The number of aryl methyl sites for hydroxylation is 1. The van der Waals surface area contributed by atoms with Gasteiger partial charge in [0.2, 0.25) is 0 Å². The number of anilines is 1. The monoisotopic (exact) mass is 276 g/mol. The highest BCUT2D eigenvalue weighted by atomic mass is 35.5. The molecule has 1 fully saturated rings. The molecule has 1 aliphatic heterocycles. The van der Waals surface area contributed by atoms with Crippen molar-refractivity contribution in [1.29, 1.82) is 0 Å². The topological polar surface area (TPSA) is 32.3 Å². The molecule has 1 aliphatic rings. The van der Waals surface area contributed by atoms with Gasteiger partial charge in [0.05, 0.1) is 16.6 Å². The number of aromatic nitrogens is 2. The molecule has 0 bridgehead atoms. The van der Waals surface area contributed by atoms with Gasteiger partial charge >= 0.3 is 0 Å². The number of hydrogen-bond donors (Lipinski definition) is 0. The standard InChI is InChI=1S/C14H17ClN4/c1-9-4-5-11-12(14(15)17-8-16-11)13(9)19-6-10(7-19)18(2)3/h4-5,8,10H,6-7H2,1-3H3. The molecule has 2 aromatic rings. The van der Waals surface area contributed by atoms with E-state index in [9.17, 15) is 0 Å². The van der Waals surface area contributed by atoms with Crippen LogP contribution in [0.4, 0.5) is 5.69 Å². The molecule has 0 saturated carbocycles. The first kappa shape index (κ1) is 12.6. The summed E-state index contributed by atoms with van der Waals surface area (Å²) in [5.74, 6) is 0. The van der Waals surface area contributed by atoms with E-state index in [2.05, 4.69) is 46.9 Å². The number of rotatable bonds is 2. The molecule has 0 aliphatic carbocycles. The second-order valence-electron chi connectivity index (χ2n) is 5.31. The van der Waals surface area contributed by atoms with Crippen molar-refractivity contribution in [3.8, 4) is 0 Å².